The zero-order chi connectivity index (χ0) is 30.6. The van der Waals surface area contributed by atoms with E-state index in [2.05, 4.69) is 5.32 Å². The summed E-state index contributed by atoms with van der Waals surface area (Å²) in [6, 6.07) is 22.6. The van der Waals surface area contributed by atoms with Crippen LogP contribution in [-0.4, -0.2) is 57.7 Å². The fourth-order valence-electron chi connectivity index (χ4n) is 4.49. The molecule has 0 aliphatic carbocycles. The van der Waals surface area contributed by atoms with Crippen molar-refractivity contribution in [2.24, 2.45) is 5.92 Å². The van der Waals surface area contributed by atoms with Gasteiger partial charge in [0.1, 0.15) is 0 Å². The lowest BCUT2D eigenvalue weighted by Crippen LogP contribution is -2.32. The van der Waals surface area contributed by atoms with Crippen molar-refractivity contribution < 1.29 is 36.3 Å². The van der Waals surface area contributed by atoms with Crippen LogP contribution in [0.25, 0.3) is 0 Å². The Hall–Kier alpha value is -3.83. The number of unbranched alkanes of at least 4 members (excludes halogenated alkanes) is 2. The maximum Gasteiger partial charge on any atom is 0.303 e. The molecule has 0 saturated heterocycles. The molecule has 0 radical (unpaired) electrons. The van der Waals surface area contributed by atoms with E-state index in [1.54, 1.807) is 60.7 Å². The van der Waals surface area contributed by atoms with E-state index in [0.29, 0.717) is 36.9 Å². The van der Waals surface area contributed by atoms with E-state index >= 15 is 0 Å². The zero-order valence-electron chi connectivity index (χ0n) is 23.1. The molecule has 0 bridgehead atoms. The number of Topliss-reactive ketones (excluding diaryl/α,β-unsaturated/α-hetero) is 1. The summed E-state index contributed by atoms with van der Waals surface area (Å²) in [5, 5.41) is 11.4. The Morgan fingerprint density at radius 3 is 1.60 bits per heavy atom. The van der Waals surface area contributed by atoms with Crippen LogP contribution < -0.4 is 5.32 Å². The lowest BCUT2D eigenvalue weighted by Gasteiger charge is -2.17. The fraction of sp³-hybridized carbons (Fsp3) is 0.323. The van der Waals surface area contributed by atoms with Crippen LogP contribution in [0.4, 0.5) is 0 Å². The second-order valence-electron chi connectivity index (χ2n) is 10.2. The third-order valence-electron chi connectivity index (χ3n) is 6.52. The smallest absolute Gasteiger partial charge is 0.303 e. The zero-order valence-corrected chi connectivity index (χ0v) is 24.8. The topological polar surface area (TPSA) is 152 Å². The van der Waals surface area contributed by atoms with Gasteiger partial charge >= 0.3 is 5.97 Å². The van der Waals surface area contributed by atoms with Crippen LogP contribution >= 0.6 is 0 Å². The van der Waals surface area contributed by atoms with Crippen LogP contribution in [0.1, 0.15) is 57.5 Å². The molecule has 0 unspecified atom stereocenters. The number of carbonyl (C=O) groups excluding carboxylic acids is 2. The van der Waals surface area contributed by atoms with Gasteiger partial charge in [-0.05, 0) is 36.1 Å². The number of benzene rings is 3. The molecule has 9 nitrogen and oxygen atoms in total. The van der Waals surface area contributed by atoms with Gasteiger partial charge in [0.2, 0.25) is 0 Å². The van der Waals surface area contributed by atoms with E-state index in [-0.39, 0.29) is 35.0 Å². The van der Waals surface area contributed by atoms with Gasteiger partial charge in [-0.1, -0.05) is 79.2 Å². The lowest BCUT2D eigenvalue weighted by molar-refractivity contribution is -0.137. The number of hydrogen-bond donors (Lipinski definition) is 2. The predicted octanol–water partition coefficient (Wildman–Crippen LogP) is 4.09. The SMILES string of the molecule is O=C(O)CCCCCNC(=O)c1ccc(C(=O)C(CS(=O)(=O)Cc2ccccc2)CS(=O)(=O)Cc2ccccc2)cc1. The second kappa shape index (κ2) is 15.4. The monoisotopic (exact) mass is 613 g/mol. The molecule has 1 amide bonds. The second-order valence-corrected chi connectivity index (χ2v) is 14.4. The summed E-state index contributed by atoms with van der Waals surface area (Å²) >= 11 is 0. The number of sulfone groups is 2. The molecule has 0 aliphatic rings. The standard InChI is InChI=1S/C31H35NO8S2/c33-29(34)14-8-3-9-19-32-31(36)27-17-15-26(16-18-27)30(35)28(22-41(37,38)20-24-10-4-1-5-11-24)23-42(39,40)21-25-12-6-2-7-13-25/h1-2,4-7,10-13,15-18,28H,3,8-9,14,19-23H2,(H,32,36)(H,33,34). The molecule has 11 heteroatoms. The van der Waals surface area contributed by atoms with Crippen LogP contribution in [0.3, 0.4) is 0 Å². The highest BCUT2D eigenvalue weighted by Gasteiger charge is 2.31. The molecule has 0 saturated carbocycles. The van der Waals surface area contributed by atoms with E-state index in [1.165, 1.54) is 24.3 Å². The van der Waals surface area contributed by atoms with Gasteiger partial charge < -0.3 is 10.4 Å². The minimum atomic E-state index is -3.86. The minimum absolute atomic E-state index is 0.0749. The molecule has 3 rings (SSSR count). The third-order valence-corrected chi connectivity index (χ3v) is 9.89. The Kier molecular flexibility index (Phi) is 12.0. The molecule has 2 N–H and O–H groups in total. The molecule has 3 aromatic carbocycles. The first-order valence-electron chi connectivity index (χ1n) is 13.6. The summed E-state index contributed by atoms with van der Waals surface area (Å²) in [6.45, 7) is 0.361. The molecule has 0 atom stereocenters. The number of hydrogen-bond acceptors (Lipinski definition) is 7. The van der Waals surface area contributed by atoms with Crippen molar-refractivity contribution in [3.05, 3.63) is 107 Å². The van der Waals surface area contributed by atoms with Crippen molar-refractivity contribution >= 4 is 37.3 Å². The Labute approximate surface area is 246 Å². The van der Waals surface area contributed by atoms with E-state index in [1.807, 2.05) is 0 Å². The van der Waals surface area contributed by atoms with Gasteiger partial charge in [0.25, 0.3) is 5.91 Å². The quantitative estimate of drug-likeness (QED) is 0.171. The van der Waals surface area contributed by atoms with E-state index < -0.39 is 48.9 Å². The average molecular weight is 614 g/mol. The molecular weight excluding hydrogens is 578 g/mol. The van der Waals surface area contributed by atoms with Gasteiger partial charge in [-0.2, -0.15) is 0 Å². The van der Waals surface area contributed by atoms with Crippen molar-refractivity contribution in [1.29, 1.82) is 0 Å². The number of carbonyl (C=O) groups is 3. The van der Waals surface area contributed by atoms with Gasteiger partial charge in [-0.3, -0.25) is 14.4 Å². The van der Waals surface area contributed by atoms with E-state index in [9.17, 15) is 31.2 Å². The molecule has 42 heavy (non-hydrogen) atoms. The number of carboxylic acids is 1. The Balaban J connectivity index is 1.73. The Morgan fingerprint density at radius 1 is 0.643 bits per heavy atom. The highest BCUT2D eigenvalue weighted by atomic mass is 32.2. The van der Waals surface area contributed by atoms with Gasteiger partial charge in [0, 0.05) is 24.1 Å². The van der Waals surface area contributed by atoms with Crippen molar-refractivity contribution in [3.8, 4) is 0 Å². The lowest BCUT2D eigenvalue weighted by atomic mass is 9.99. The van der Waals surface area contributed by atoms with Crippen LogP contribution in [0, 0.1) is 5.92 Å². The normalized spacial score (nSPS) is 11.7. The van der Waals surface area contributed by atoms with Crippen molar-refractivity contribution in [3.63, 3.8) is 0 Å². The minimum Gasteiger partial charge on any atom is -0.481 e. The maximum absolute atomic E-state index is 13.5. The molecular formula is C31H35NO8S2. The molecule has 0 spiro atoms. The average Bonchev–Trinajstić information content (AvgIpc) is 2.94. The number of amides is 1. The molecule has 3 aromatic rings. The summed E-state index contributed by atoms with van der Waals surface area (Å²) in [5.74, 6) is -5.14. The number of ketones is 1. The number of aliphatic carboxylic acids is 1. The Morgan fingerprint density at radius 2 is 1.12 bits per heavy atom. The summed E-state index contributed by atoms with van der Waals surface area (Å²) in [5.41, 5.74) is 1.46. The number of carboxylic acid groups (broad SMARTS) is 1. The molecule has 0 fully saturated rings. The van der Waals surface area contributed by atoms with Crippen molar-refractivity contribution in [1.82, 2.24) is 5.32 Å². The predicted molar refractivity (Wildman–Crippen MR) is 161 cm³/mol. The van der Waals surface area contributed by atoms with Crippen LogP contribution in [0.5, 0.6) is 0 Å². The fourth-order valence-corrected chi connectivity index (χ4v) is 8.04. The number of rotatable bonds is 17. The summed E-state index contributed by atoms with van der Waals surface area (Å²) < 4.78 is 52.4. The van der Waals surface area contributed by atoms with Gasteiger partial charge in [-0.15, -0.1) is 0 Å². The molecule has 0 heterocycles. The van der Waals surface area contributed by atoms with Crippen LogP contribution in [0.15, 0.2) is 84.9 Å². The van der Waals surface area contributed by atoms with Gasteiger partial charge in [0.15, 0.2) is 25.5 Å². The van der Waals surface area contributed by atoms with Gasteiger partial charge in [0.05, 0.1) is 28.9 Å². The molecule has 224 valence electrons. The first-order valence-corrected chi connectivity index (χ1v) is 17.2. The van der Waals surface area contributed by atoms with Crippen LogP contribution in [-0.2, 0) is 36.0 Å². The highest BCUT2D eigenvalue weighted by molar-refractivity contribution is 7.91. The Bertz CT molecular complexity index is 1480. The van der Waals surface area contributed by atoms with E-state index in [4.69, 9.17) is 5.11 Å². The first kappa shape index (κ1) is 32.7. The van der Waals surface area contributed by atoms with Gasteiger partial charge in [-0.25, -0.2) is 16.8 Å². The summed E-state index contributed by atoms with van der Waals surface area (Å²) in [7, 11) is -7.72. The summed E-state index contributed by atoms with van der Waals surface area (Å²) in [6.07, 6.45) is 1.87. The first-order chi connectivity index (χ1) is 19.9. The van der Waals surface area contributed by atoms with Crippen molar-refractivity contribution in [2.75, 3.05) is 18.1 Å². The molecule has 0 aromatic heterocycles. The van der Waals surface area contributed by atoms with Crippen LogP contribution in [0.2, 0.25) is 0 Å². The highest BCUT2D eigenvalue weighted by Crippen LogP contribution is 2.20. The third kappa shape index (κ3) is 11.2. The van der Waals surface area contributed by atoms with Crippen molar-refractivity contribution in [2.45, 2.75) is 37.2 Å². The maximum atomic E-state index is 13.5. The molecule has 0 aliphatic heterocycles. The largest absolute Gasteiger partial charge is 0.481 e. The summed E-state index contributed by atoms with van der Waals surface area (Å²) in [4.78, 5) is 36.6. The number of nitrogens with one attached hydrogen (secondary N) is 1. The van der Waals surface area contributed by atoms with E-state index in [0.717, 1.165) is 0 Å².